The third kappa shape index (κ3) is 2.71. The van der Waals surface area contributed by atoms with Gasteiger partial charge in [0.2, 0.25) is 0 Å². The van der Waals surface area contributed by atoms with Crippen LogP contribution in [0.4, 0.5) is 10.1 Å². The van der Waals surface area contributed by atoms with E-state index in [1.54, 1.807) is 19.1 Å². The summed E-state index contributed by atoms with van der Waals surface area (Å²) in [7, 11) is 0. The maximum Gasteiger partial charge on any atom is 0.169 e. The van der Waals surface area contributed by atoms with Crippen molar-refractivity contribution in [2.75, 3.05) is 5.32 Å². The van der Waals surface area contributed by atoms with Crippen LogP contribution in [0.5, 0.6) is 0 Å². The van der Waals surface area contributed by atoms with Crippen LogP contribution in [-0.4, -0.2) is 0 Å². The van der Waals surface area contributed by atoms with Gasteiger partial charge in [-0.3, -0.25) is 0 Å². The summed E-state index contributed by atoms with van der Waals surface area (Å²) in [6, 6.07) is 8.38. The topological polar surface area (TPSA) is 49.0 Å². The molecule has 0 saturated carbocycles. The van der Waals surface area contributed by atoms with E-state index in [0.717, 1.165) is 5.76 Å². The molecule has 5 heteroatoms. The number of hydrogen-bond donors (Lipinski definition) is 1. The lowest BCUT2D eigenvalue weighted by atomic mass is 10.1. The molecule has 0 bridgehead atoms. The van der Waals surface area contributed by atoms with Crippen molar-refractivity contribution in [2.45, 2.75) is 13.5 Å². The second-order valence-corrected chi connectivity index (χ2v) is 4.58. The van der Waals surface area contributed by atoms with Crippen LogP contribution < -0.4 is 5.32 Å². The lowest BCUT2D eigenvalue weighted by Gasteiger charge is -2.09. The molecule has 1 N–H and O–H groups in total. The number of rotatable bonds is 3. The Morgan fingerprint density at radius 1 is 1.44 bits per heavy atom. The molecule has 1 aromatic heterocycles. The molecule has 0 aliphatic rings. The van der Waals surface area contributed by atoms with E-state index in [2.05, 4.69) is 21.2 Å². The van der Waals surface area contributed by atoms with Crippen LogP contribution in [0.2, 0.25) is 0 Å². The van der Waals surface area contributed by atoms with Crippen molar-refractivity contribution in [1.82, 2.24) is 0 Å². The fourth-order valence-corrected chi connectivity index (χ4v) is 1.90. The van der Waals surface area contributed by atoms with Gasteiger partial charge < -0.3 is 9.73 Å². The van der Waals surface area contributed by atoms with E-state index in [4.69, 9.17) is 9.68 Å². The fraction of sp³-hybridized carbons (Fsp3) is 0.154. The zero-order chi connectivity index (χ0) is 13.1. The van der Waals surface area contributed by atoms with E-state index < -0.39 is 5.82 Å². The van der Waals surface area contributed by atoms with Gasteiger partial charge in [0.25, 0.3) is 0 Å². The zero-order valence-corrected chi connectivity index (χ0v) is 11.2. The van der Waals surface area contributed by atoms with Crippen molar-refractivity contribution in [3.63, 3.8) is 0 Å². The number of furan rings is 1. The van der Waals surface area contributed by atoms with Gasteiger partial charge in [-0.1, -0.05) is 0 Å². The molecule has 0 amide bonds. The minimum Gasteiger partial charge on any atom is -0.452 e. The molecule has 2 aromatic rings. The Balaban J connectivity index is 2.19. The third-order valence-corrected chi connectivity index (χ3v) is 2.98. The Morgan fingerprint density at radius 2 is 2.22 bits per heavy atom. The highest BCUT2D eigenvalue weighted by Crippen LogP contribution is 2.22. The van der Waals surface area contributed by atoms with Crippen LogP contribution in [0.3, 0.4) is 0 Å². The monoisotopic (exact) mass is 308 g/mol. The first-order valence-corrected chi connectivity index (χ1v) is 6.08. The van der Waals surface area contributed by atoms with Gasteiger partial charge in [0, 0.05) is 11.3 Å². The number of halogens is 2. The van der Waals surface area contributed by atoms with Gasteiger partial charge in [-0.15, -0.1) is 0 Å². The Hall–Kier alpha value is -1.80. The number of nitriles is 1. The van der Waals surface area contributed by atoms with Crippen LogP contribution in [0.15, 0.2) is 33.4 Å². The first-order valence-electron chi connectivity index (χ1n) is 5.28. The number of nitrogens with one attached hydrogen (secondary N) is 1. The summed E-state index contributed by atoms with van der Waals surface area (Å²) in [5.41, 5.74) is 1.37. The molecular formula is C13H10BrFN2O. The normalized spacial score (nSPS) is 10.1. The molecule has 0 aliphatic carbocycles. The molecule has 0 radical (unpaired) electrons. The fourth-order valence-electron chi connectivity index (χ4n) is 1.56. The molecule has 1 aromatic carbocycles. The summed E-state index contributed by atoms with van der Waals surface area (Å²) < 4.78 is 19.5. The number of anilines is 1. The van der Waals surface area contributed by atoms with Crippen molar-refractivity contribution < 1.29 is 8.81 Å². The highest BCUT2D eigenvalue weighted by atomic mass is 79.9. The highest BCUT2D eigenvalue weighted by Gasteiger charge is 2.07. The van der Waals surface area contributed by atoms with Crippen molar-refractivity contribution in [1.29, 1.82) is 5.26 Å². The van der Waals surface area contributed by atoms with E-state index in [0.29, 0.717) is 28.0 Å². The average Bonchev–Trinajstić information content (AvgIpc) is 2.77. The number of benzene rings is 1. The maximum atomic E-state index is 13.5. The standard InChI is InChI=1S/C13H10BrFN2O/c1-8-11(15)4-9(6-16)5-12(8)17-7-10-2-3-13(14)18-10/h2-5,17H,7H2,1H3. The predicted octanol–water partition coefficient (Wildman–Crippen LogP) is 3.97. The molecule has 0 aliphatic heterocycles. The van der Waals surface area contributed by atoms with E-state index in [-0.39, 0.29) is 0 Å². The molecule has 0 fully saturated rings. The summed E-state index contributed by atoms with van der Waals surface area (Å²) >= 11 is 3.21. The minimum atomic E-state index is -0.392. The molecule has 0 spiro atoms. The van der Waals surface area contributed by atoms with Gasteiger partial charge in [0.15, 0.2) is 4.67 Å². The first kappa shape index (κ1) is 12.7. The van der Waals surface area contributed by atoms with Gasteiger partial charge >= 0.3 is 0 Å². The number of hydrogen-bond acceptors (Lipinski definition) is 3. The smallest absolute Gasteiger partial charge is 0.169 e. The molecule has 18 heavy (non-hydrogen) atoms. The quantitative estimate of drug-likeness (QED) is 0.933. The summed E-state index contributed by atoms with van der Waals surface area (Å²) in [6.45, 7) is 2.09. The first-order chi connectivity index (χ1) is 8.60. The van der Waals surface area contributed by atoms with Crippen LogP contribution in [0, 0.1) is 24.1 Å². The molecule has 0 atom stereocenters. The molecule has 3 nitrogen and oxygen atoms in total. The lowest BCUT2D eigenvalue weighted by Crippen LogP contribution is -2.02. The Kier molecular flexibility index (Phi) is 3.68. The Labute approximate surface area is 112 Å². The van der Waals surface area contributed by atoms with Gasteiger partial charge in [-0.25, -0.2) is 4.39 Å². The van der Waals surface area contributed by atoms with Gasteiger partial charge in [0.05, 0.1) is 18.2 Å². The van der Waals surface area contributed by atoms with Crippen LogP contribution in [0.25, 0.3) is 0 Å². The molecule has 0 saturated heterocycles. The van der Waals surface area contributed by atoms with Gasteiger partial charge in [-0.2, -0.15) is 5.26 Å². The Bertz CT molecular complexity index is 616. The Morgan fingerprint density at radius 3 is 2.83 bits per heavy atom. The highest BCUT2D eigenvalue weighted by molar-refractivity contribution is 9.10. The van der Waals surface area contributed by atoms with E-state index in [1.165, 1.54) is 6.07 Å². The largest absolute Gasteiger partial charge is 0.452 e. The third-order valence-electron chi connectivity index (χ3n) is 2.56. The lowest BCUT2D eigenvalue weighted by molar-refractivity contribution is 0.495. The van der Waals surface area contributed by atoms with Crippen molar-refractivity contribution in [3.05, 3.63) is 51.6 Å². The molecule has 2 rings (SSSR count). The van der Waals surface area contributed by atoms with Crippen LogP contribution >= 0.6 is 15.9 Å². The average molecular weight is 309 g/mol. The van der Waals surface area contributed by atoms with Crippen LogP contribution in [0.1, 0.15) is 16.9 Å². The molecule has 1 heterocycles. The van der Waals surface area contributed by atoms with Crippen molar-refractivity contribution in [3.8, 4) is 6.07 Å². The number of nitrogens with zero attached hydrogens (tertiary/aromatic N) is 1. The van der Waals surface area contributed by atoms with Gasteiger partial charge in [-0.05, 0) is 47.1 Å². The minimum absolute atomic E-state index is 0.293. The van der Waals surface area contributed by atoms with E-state index >= 15 is 0 Å². The second-order valence-electron chi connectivity index (χ2n) is 3.80. The molecule has 92 valence electrons. The van der Waals surface area contributed by atoms with E-state index in [9.17, 15) is 4.39 Å². The summed E-state index contributed by atoms with van der Waals surface area (Å²) in [4.78, 5) is 0. The predicted molar refractivity (Wildman–Crippen MR) is 69.6 cm³/mol. The second kappa shape index (κ2) is 5.23. The molecule has 0 unspecified atom stereocenters. The van der Waals surface area contributed by atoms with E-state index in [1.807, 2.05) is 12.1 Å². The summed E-state index contributed by atoms with van der Waals surface area (Å²) in [5, 5.41) is 11.8. The summed E-state index contributed by atoms with van der Waals surface area (Å²) in [5.74, 6) is 0.334. The SMILES string of the molecule is Cc1c(F)cc(C#N)cc1NCc1ccc(Br)o1. The van der Waals surface area contributed by atoms with Crippen LogP contribution in [-0.2, 0) is 6.54 Å². The zero-order valence-electron chi connectivity index (χ0n) is 9.63. The van der Waals surface area contributed by atoms with Crippen molar-refractivity contribution in [2.24, 2.45) is 0 Å². The summed E-state index contributed by atoms with van der Waals surface area (Å²) in [6.07, 6.45) is 0. The molecular weight excluding hydrogens is 299 g/mol. The van der Waals surface area contributed by atoms with Gasteiger partial charge in [0.1, 0.15) is 11.6 Å². The maximum absolute atomic E-state index is 13.5. The van der Waals surface area contributed by atoms with Crippen molar-refractivity contribution >= 4 is 21.6 Å².